The molecule has 0 aliphatic carbocycles. The summed E-state index contributed by atoms with van der Waals surface area (Å²) in [4.78, 5) is 6.54. The third-order valence-electron chi connectivity index (χ3n) is 5.23. The van der Waals surface area contributed by atoms with Crippen molar-refractivity contribution in [3.63, 3.8) is 0 Å². The Balaban J connectivity index is 1.53. The van der Waals surface area contributed by atoms with Gasteiger partial charge in [0.05, 0.1) is 6.33 Å². The largest absolute Gasteiger partial charge is 0.336 e. The van der Waals surface area contributed by atoms with Crippen molar-refractivity contribution in [1.29, 1.82) is 0 Å². The highest BCUT2D eigenvalue weighted by atomic mass is 32.2. The Morgan fingerprint density at radius 1 is 1.14 bits per heavy atom. The van der Waals surface area contributed by atoms with Crippen LogP contribution < -0.4 is 4.72 Å². The van der Waals surface area contributed by atoms with E-state index in [0.29, 0.717) is 5.92 Å². The van der Waals surface area contributed by atoms with Crippen LogP contribution >= 0.6 is 0 Å². The second kappa shape index (κ2) is 9.20. The Morgan fingerprint density at radius 2 is 1.79 bits per heavy atom. The summed E-state index contributed by atoms with van der Waals surface area (Å²) in [5.41, 5.74) is 2.22. The standard InChI is InChI=1S/C21H32N4O2S/c1-17(2)13-25-15-21(22-16-25)28(26,27)23-12-19-4-6-20(7-5-19)14-24-10-8-18(3)9-11-24/h4-7,15-18,23H,8-14H2,1-3H3. The van der Waals surface area contributed by atoms with Crippen LogP contribution in [0.1, 0.15) is 44.7 Å². The fourth-order valence-corrected chi connectivity index (χ4v) is 4.46. The van der Waals surface area contributed by atoms with Gasteiger partial charge in [0.2, 0.25) is 0 Å². The second-order valence-corrected chi connectivity index (χ2v) is 10.1. The Hall–Kier alpha value is -1.70. The smallest absolute Gasteiger partial charge is 0.259 e. The highest BCUT2D eigenvalue weighted by Crippen LogP contribution is 2.18. The monoisotopic (exact) mass is 404 g/mol. The summed E-state index contributed by atoms with van der Waals surface area (Å²) in [5, 5.41) is 0.0732. The van der Waals surface area contributed by atoms with Gasteiger partial charge < -0.3 is 4.57 Å². The number of nitrogens with zero attached hydrogens (tertiary/aromatic N) is 3. The topological polar surface area (TPSA) is 67.2 Å². The van der Waals surface area contributed by atoms with Crippen LogP contribution in [0, 0.1) is 11.8 Å². The summed E-state index contributed by atoms with van der Waals surface area (Å²) in [7, 11) is -3.60. The van der Waals surface area contributed by atoms with E-state index in [4.69, 9.17) is 0 Å². The second-order valence-electron chi connectivity index (χ2n) is 8.40. The third-order valence-corrected chi connectivity index (χ3v) is 6.52. The number of likely N-dealkylation sites (tertiary alicyclic amines) is 1. The summed E-state index contributed by atoms with van der Waals surface area (Å²) < 4.78 is 29.4. The number of sulfonamides is 1. The first-order valence-corrected chi connectivity index (χ1v) is 11.6. The summed E-state index contributed by atoms with van der Waals surface area (Å²) in [6, 6.07) is 8.20. The van der Waals surface area contributed by atoms with Crippen molar-refractivity contribution >= 4 is 10.0 Å². The lowest BCUT2D eigenvalue weighted by molar-refractivity contribution is 0.185. The van der Waals surface area contributed by atoms with Crippen molar-refractivity contribution in [2.24, 2.45) is 11.8 Å². The zero-order chi connectivity index (χ0) is 20.1. The fraction of sp³-hybridized carbons (Fsp3) is 0.571. The van der Waals surface area contributed by atoms with Crippen molar-refractivity contribution in [2.45, 2.75) is 58.3 Å². The summed E-state index contributed by atoms with van der Waals surface area (Å²) in [6.45, 7) is 10.8. The minimum Gasteiger partial charge on any atom is -0.336 e. The van der Waals surface area contributed by atoms with Crippen molar-refractivity contribution in [3.8, 4) is 0 Å². The van der Waals surface area contributed by atoms with Crippen molar-refractivity contribution in [3.05, 3.63) is 47.9 Å². The van der Waals surface area contributed by atoms with Gasteiger partial charge in [0, 0.05) is 25.8 Å². The maximum absolute atomic E-state index is 12.5. The molecule has 154 valence electrons. The molecular formula is C21H32N4O2S. The van der Waals surface area contributed by atoms with E-state index in [1.165, 1.54) is 18.4 Å². The number of hydrogen-bond acceptors (Lipinski definition) is 4. The molecule has 3 rings (SSSR count). The molecular weight excluding hydrogens is 372 g/mol. The molecule has 0 spiro atoms. The SMILES string of the molecule is CC(C)Cn1cnc(S(=O)(=O)NCc2ccc(CN3CCC(C)CC3)cc2)c1. The van der Waals surface area contributed by atoms with Gasteiger partial charge in [0.25, 0.3) is 10.0 Å². The van der Waals surface area contributed by atoms with Crippen LogP contribution in [0.5, 0.6) is 0 Å². The average Bonchev–Trinajstić information content (AvgIpc) is 3.12. The number of hydrogen-bond donors (Lipinski definition) is 1. The van der Waals surface area contributed by atoms with Gasteiger partial charge in [-0.1, -0.05) is 45.0 Å². The van der Waals surface area contributed by atoms with E-state index in [0.717, 1.165) is 37.7 Å². The maximum atomic E-state index is 12.5. The zero-order valence-electron chi connectivity index (χ0n) is 17.1. The van der Waals surface area contributed by atoms with E-state index in [-0.39, 0.29) is 11.6 Å². The Labute approximate surface area is 169 Å². The van der Waals surface area contributed by atoms with Crippen LogP contribution in [-0.4, -0.2) is 36.0 Å². The lowest BCUT2D eigenvalue weighted by Gasteiger charge is -2.30. The molecule has 1 N–H and O–H groups in total. The lowest BCUT2D eigenvalue weighted by atomic mass is 9.99. The molecule has 7 heteroatoms. The predicted octanol–water partition coefficient (Wildman–Crippen LogP) is 3.25. The number of benzene rings is 1. The number of rotatable bonds is 8. The van der Waals surface area contributed by atoms with E-state index in [9.17, 15) is 8.42 Å². The molecule has 2 aromatic rings. The Morgan fingerprint density at radius 3 is 2.43 bits per heavy atom. The zero-order valence-corrected chi connectivity index (χ0v) is 18.0. The van der Waals surface area contributed by atoms with Crippen LogP contribution in [0.15, 0.2) is 41.8 Å². The predicted molar refractivity (Wildman–Crippen MR) is 111 cm³/mol. The molecule has 0 bridgehead atoms. The number of aromatic nitrogens is 2. The van der Waals surface area contributed by atoms with E-state index in [1.807, 2.05) is 16.7 Å². The molecule has 1 saturated heterocycles. The van der Waals surface area contributed by atoms with Gasteiger partial charge in [-0.15, -0.1) is 0 Å². The number of imidazole rings is 1. The van der Waals surface area contributed by atoms with Gasteiger partial charge in [0.15, 0.2) is 5.03 Å². The molecule has 2 heterocycles. The highest BCUT2D eigenvalue weighted by molar-refractivity contribution is 7.89. The molecule has 0 unspecified atom stereocenters. The van der Waals surface area contributed by atoms with Gasteiger partial charge in [0.1, 0.15) is 0 Å². The molecule has 1 aromatic carbocycles. The molecule has 1 aliphatic rings. The van der Waals surface area contributed by atoms with Gasteiger partial charge >= 0.3 is 0 Å². The van der Waals surface area contributed by atoms with E-state index >= 15 is 0 Å². The van der Waals surface area contributed by atoms with Crippen molar-refractivity contribution in [1.82, 2.24) is 19.2 Å². The molecule has 1 aromatic heterocycles. The summed E-state index contributed by atoms with van der Waals surface area (Å²) in [5.74, 6) is 1.27. The maximum Gasteiger partial charge on any atom is 0.259 e. The van der Waals surface area contributed by atoms with Crippen LogP contribution in [0.2, 0.25) is 0 Å². The van der Waals surface area contributed by atoms with Gasteiger partial charge in [-0.25, -0.2) is 18.1 Å². The first-order chi connectivity index (χ1) is 13.3. The van der Waals surface area contributed by atoms with Gasteiger partial charge in [-0.3, -0.25) is 4.90 Å². The highest BCUT2D eigenvalue weighted by Gasteiger charge is 2.18. The molecule has 1 aliphatic heterocycles. The minimum atomic E-state index is -3.60. The third kappa shape index (κ3) is 5.90. The van der Waals surface area contributed by atoms with Crippen LogP contribution in [0.25, 0.3) is 0 Å². The van der Waals surface area contributed by atoms with Gasteiger partial charge in [-0.05, 0) is 48.9 Å². The first kappa shape index (κ1) is 21.0. The number of piperidine rings is 1. The molecule has 0 amide bonds. The number of nitrogens with one attached hydrogen (secondary N) is 1. The van der Waals surface area contributed by atoms with E-state index < -0.39 is 10.0 Å². The van der Waals surface area contributed by atoms with Crippen molar-refractivity contribution in [2.75, 3.05) is 13.1 Å². The van der Waals surface area contributed by atoms with E-state index in [2.05, 4.69) is 47.5 Å². The van der Waals surface area contributed by atoms with Crippen molar-refractivity contribution < 1.29 is 8.42 Å². The first-order valence-electron chi connectivity index (χ1n) is 10.1. The molecule has 28 heavy (non-hydrogen) atoms. The van der Waals surface area contributed by atoms with Gasteiger partial charge in [-0.2, -0.15) is 0 Å². The van der Waals surface area contributed by atoms with Crippen LogP contribution in [0.4, 0.5) is 0 Å². The molecule has 1 fully saturated rings. The van der Waals surface area contributed by atoms with Crippen LogP contribution in [-0.2, 0) is 29.7 Å². The van der Waals surface area contributed by atoms with Crippen LogP contribution in [0.3, 0.4) is 0 Å². The quantitative estimate of drug-likeness (QED) is 0.733. The Kier molecular flexibility index (Phi) is 6.91. The van der Waals surface area contributed by atoms with E-state index in [1.54, 1.807) is 12.5 Å². The molecule has 0 atom stereocenters. The normalized spacial score (nSPS) is 16.7. The average molecular weight is 405 g/mol. The molecule has 0 radical (unpaired) electrons. The minimum absolute atomic E-state index is 0.0732. The summed E-state index contributed by atoms with van der Waals surface area (Å²) in [6.07, 6.45) is 5.70. The molecule has 6 nitrogen and oxygen atoms in total. The molecule has 0 saturated carbocycles. The lowest BCUT2D eigenvalue weighted by Crippen LogP contribution is -2.32. The Bertz CT molecular complexity index is 851. The fourth-order valence-electron chi connectivity index (χ4n) is 3.49. The summed E-state index contributed by atoms with van der Waals surface area (Å²) >= 11 is 0.